The minimum atomic E-state index is -0.323. The lowest BCUT2D eigenvalue weighted by Gasteiger charge is -2.19. The molecule has 0 bridgehead atoms. The molecule has 2 N–H and O–H groups in total. The smallest absolute Gasteiger partial charge is 0.255 e. The zero-order valence-corrected chi connectivity index (χ0v) is 15.3. The molecule has 1 unspecified atom stereocenters. The second kappa shape index (κ2) is 10.2. The van der Waals surface area contributed by atoms with E-state index in [1.165, 1.54) is 0 Å². The molecular weight excluding hydrogens is 328 g/mol. The predicted molar refractivity (Wildman–Crippen MR) is 102 cm³/mol. The number of hydrogen-bond donors (Lipinski definition) is 2. The molecule has 0 aliphatic rings. The Labute approximate surface area is 154 Å². The van der Waals surface area contributed by atoms with Crippen molar-refractivity contribution in [3.63, 3.8) is 0 Å². The van der Waals surface area contributed by atoms with Gasteiger partial charge in [0.2, 0.25) is 5.91 Å². The van der Waals surface area contributed by atoms with Crippen LogP contribution in [-0.4, -0.2) is 25.0 Å². The Morgan fingerprint density at radius 1 is 1.00 bits per heavy atom. The average molecular weight is 354 g/mol. The highest BCUT2D eigenvalue weighted by Gasteiger charge is 2.16. The maximum absolute atomic E-state index is 12.4. The summed E-state index contributed by atoms with van der Waals surface area (Å²) >= 11 is 0. The summed E-state index contributed by atoms with van der Waals surface area (Å²) in [6, 6.07) is 16.8. The molecule has 0 radical (unpaired) electrons. The van der Waals surface area contributed by atoms with Crippen LogP contribution in [0.5, 0.6) is 5.75 Å². The highest BCUT2D eigenvalue weighted by atomic mass is 16.5. The molecule has 0 heterocycles. The molecule has 5 heteroatoms. The molecule has 138 valence electrons. The van der Waals surface area contributed by atoms with Crippen LogP contribution in [0.2, 0.25) is 0 Å². The van der Waals surface area contributed by atoms with E-state index in [4.69, 9.17) is 4.74 Å². The molecule has 5 nitrogen and oxygen atoms in total. The summed E-state index contributed by atoms with van der Waals surface area (Å²) in [5.74, 6) is -0.0217. The molecule has 0 aromatic heterocycles. The number of rotatable bonds is 9. The number of para-hydroxylation sites is 1. The monoisotopic (exact) mass is 354 g/mol. The van der Waals surface area contributed by atoms with Gasteiger partial charge in [0, 0.05) is 0 Å². The number of carbonyl (C=O) groups is 2. The van der Waals surface area contributed by atoms with Crippen molar-refractivity contribution in [1.82, 2.24) is 10.6 Å². The molecule has 2 rings (SSSR count). The van der Waals surface area contributed by atoms with Gasteiger partial charge in [0.1, 0.15) is 5.75 Å². The summed E-state index contributed by atoms with van der Waals surface area (Å²) in [6.07, 6.45) is 1.80. The van der Waals surface area contributed by atoms with Gasteiger partial charge in [0.05, 0.1) is 24.8 Å². The van der Waals surface area contributed by atoms with Crippen LogP contribution >= 0.6 is 0 Å². The van der Waals surface area contributed by atoms with E-state index >= 15 is 0 Å². The number of nitrogens with one attached hydrogen (secondary N) is 2. The molecule has 2 aromatic carbocycles. The van der Waals surface area contributed by atoms with Crippen LogP contribution in [-0.2, 0) is 4.79 Å². The minimum Gasteiger partial charge on any atom is -0.493 e. The van der Waals surface area contributed by atoms with Crippen molar-refractivity contribution >= 4 is 11.8 Å². The number of hydrogen-bond acceptors (Lipinski definition) is 3. The standard InChI is InChI=1S/C21H26N2O3/c1-3-10-18(16-11-6-5-7-12-16)23-20(24)15-22-21(25)17-13-8-9-14-19(17)26-4-2/h5-9,11-14,18H,3-4,10,15H2,1-2H3,(H,22,25)(H,23,24). The summed E-state index contributed by atoms with van der Waals surface area (Å²) < 4.78 is 5.46. The molecule has 0 spiro atoms. The SMILES string of the molecule is CCCC(NC(=O)CNC(=O)c1ccccc1OCC)c1ccccc1. The van der Waals surface area contributed by atoms with E-state index in [1.54, 1.807) is 18.2 Å². The third-order valence-electron chi connectivity index (χ3n) is 3.96. The first kappa shape index (κ1) is 19.5. The fraction of sp³-hybridized carbons (Fsp3) is 0.333. The van der Waals surface area contributed by atoms with Crippen molar-refractivity contribution in [3.05, 3.63) is 65.7 Å². The van der Waals surface area contributed by atoms with Crippen LogP contribution in [0, 0.1) is 0 Å². The first-order valence-electron chi connectivity index (χ1n) is 9.00. The van der Waals surface area contributed by atoms with Crippen molar-refractivity contribution in [1.29, 1.82) is 0 Å². The largest absolute Gasteiger partial charge is 0.493 e. The number of ether oxygens (including phenoxy) is 1. The Bertz CT molecular complexity index is 716. The van der Waals surface area contributed by atoms with E-state index in [2.05, 4.69) is 17.6 Å². The van der Waals surface area contributed by atoms with Gasteiger partial charge in [0.25, 0.3) is 5.91 Å². The molecule has 0 saturated carbocycles. The highest BCUT2D eigenvalue weighted by Crippen LogP contribution is 2.19. The predicted octanol–water partition coefficient (Wildman–Crippen LogP) is 3.47. The van der Waals surface area contributed by atoms with Gasteiger partial charge in [-0.05, 0) is 31.0 Å². The lowest BCUT2D eigenvalue weighted by atomic mass is 10.0. The Balaban J connectivity index is 1.94. The molecule has 0 fully saturated rings. The van der Waals surface area contributed by atoms with Gasteiger partial charge < -0.3 is 15.4 Å². The third kappa shape index (κ3) is 5.62. The maximum Gasteiger partial charge on any atom is 0.255 e. The Hall–Kier alpha value is -2.82. The summed E-state index contributed by atoms with van der Waals surface area (Å²) in [5, 5.41) is 5.66. The van der Waals surface area contributed by atoms with Crippen LogP contribution < -0.4 is 15.4 Å². The molecule has 0 aliphatic heterocycles. The minimum absolute atomic E-state index is 0.0543. The van der Waals surface area contributed by atoms with Gasteiger partial charge >= 0.3 is 0 Å². The molecule has 1 atom stereocenters. The van der Waals surface area contributed by atoms with E-state index in [0.717, 1.165) is 18.4 Å². The maximum atomic E-state index is 12.4. The molecule has 2 amide bonds. The normalized spacial score (nSPS) is 11.5. The number of benzene rings is 2. The number of amides is 2. The third-order valence-corrected chi connectivity index (χ3v) is 3.96. The molecule has 0 aliphatic carbocycles. The van der Waals surface area contributed by atoms with Gasteiger partial charge in [0.15, 0.2) is 0 Å². The fourth-order valence-corrected chi connectivity index (χ4v) is 2.73. The van der Waals surface area contributed by atoms with E-state index in [-0.39, 0.29) is 24.4 Å². The quantitative estimate of drug-likeness (QED) is 0.724. The van der Waals surface area contributed by atoms with Crippen LogP contribution in [0.3, 0.4) is 0 Å². The topological polar surface area (TPSA) is 67.4 Å². The second-order valence-corrected chi connectivity index (χ2v) is 5.93. The van der Waals surface area contributed by atoms with Crippen molar-refractivity contribution < 1.29 is 14.3 Å². The lowest BCUT2D eigenvalue weighted by Crippen LogP contribution is -2.38. The van der Waals surface area contributed by atoms with E-state index in [1.807, 2.05) is 43.3 Å². The molecule has 0 saturated heterocycles. The number of carbonyl (C=O) groups excluding carboxylic acids is 2. The molecular formula is C21H26N2O3. The van der Waals surface area contributed by atoms with Crippen LogP contribution in [0.25, 0.3) is 0 Å². The first-order valence-corrected chi connectivity index (χ1v) is 9.00. The Morgan fingerprint density at radius 3 is 2.38 bits per heavy atom. The van der Waals surface area contributed by atoms with Crippen LogP contribution in [0.4, 0.5) is 0 Å². The summed E-state index contributed by atoms with van der Waals surface area (Å²) in [6.45, 7) is 4.33. The summed E-state index contributed by atoms with van der Waals surface area (Å²) in [7, 11) is 0. The van der Waals surface area contributed by atoms with Crippen LogP contribution in [0.15, 0.2) is 54.6 Å². The average Bonchev–Trinajstić information content (AvgIpc) is 2.67. The Morgan fingerprint density at radius 2 is 1.69 bits per heavy atom. The molecule has 26 heavy (non-hydrogen) atoms. The summed E-state index contributed by atoms with van der Waals surface area (Å²) in [5.41, 5.74) is 1.49. The second-order valence-electron chi connectivity index (χ2n) is 5.93. The Kier molecular flexibility index (Phi) is 7.68. The van der Waals surface area contributed by atoms with Crippen molar-refractivity contribution in [2.75, 3.05) is 13.2 Å². The zero-order chi connectivity index (χ0) is 18.8. The molecule has 2 aromatic rings. The fourth-order valence-electron chi connectivity index (χ4n) is 2.73. The van der Waals surface area contributed by atoms with Gasteiger partial charge in [-0.25, -0.2) is 0 Å². The van der Waals surface area contributed by atoms with Crippen LogP contribution in [0.1, 0.15) is 48.7 Å². The van der Waals surface area contributed by atoms with Gasteiger partial charge in [-0.15, -0.1) is 0 Å². The summed E-state index contributed by atoms with van der Waals surface area (Å²) in [4.78, 5) is 24.6. The zero-order valence-electron chi connectivity index (χ0n) is 15.3. The van der Waals surface area contributed by atoms with Crippen molar-refractivity contribution in [2.24, 2.45) is 0 Å². The first-order chi connectivity index (χ1) is 12.7. The van der Waals surface area contributed by atoms with E-state index < -0.39 is 0 Å². The van der Waals surface area contributed by atoms with Gasteiger partial charge in [-0.2, -0.15) is 0 Å². The van der Waals surface area contributed by atoms with Crippen molar-refractivity contribution in [3.8, 4) is 5.75 Å². The van der Waals surface area contributed by atoms with E-state index in [9.17, 15) is 9.59 Å². The highest BCUT2D eigenvalue weighted by molar-refractivity contribution is 5.98. The van der Waals surface area contributed by atoms with E-state index in [0.29, 0.717) is 17.9 Å². The van der Waals surface area contributed by atoms with Crippen molar-refractivity contribution in [2.45, 2.75) is 32.7 Å². The van der Waals surface area contributed by atoms with Gasteiger partial charge in [-0.3, -0.25) is 9.59 Å². The lowest BCUT2D eigenvalue weighted by molar-refractivity contribution is -0.120. The van der Waals surface area contributed by atoms with Gasteiger partial charge in [-0.1, -0.05) is 55.8 Å².